The van der Waals surface area contributed by atoms with Crippen molar-refractivity contribution < 1.29 is 5.11 Å². The molecular weight excluding hydrogens is 112 g/mol. The van der Waals surface area contributed by atoms with E-state index in [1.165, 1.54) is 11.8 Å². The molecule has 0 spiro atoms. The SMILES string of the molecule is OC1CSC=NN1. The largest absolute Gasteiger partial charge is 0.371 e. The van der Waals surface area contributed by atoms with Gasteiger partial charge in [0.25, 0.3) is 0 Å². The number of rotatable bonds is 0. The van der Waals surface area contributed by atoms with E-state index in [2.05, 4.69) is 10.5 Å². The van der Waals surface area contributed by atoms with E-state index in [0.29, 0.717) is 5.75 Å². The predicted molar refractivity (Wildman–Crippen MR) is 30.1 cm³/mol. The van der Waals surface area contributed by atoms with Crippen LogP contribution in [0.1, 0.15) is 0 Å². The molecule has 0 saturated heterocycles. The number of aliphatic hydroxyl groups is 1. The standard InChI is InChI=1S/C3H6N2OS/c6-3-1-7-2-4-5-3/h2-3,5-6H,1H2. The van der Waals surface area contributed by atoms with Gasteiger partial charge in [-0.3, -0.25) is 5.43 Å². The molecule has 1 aliphatic rings. The fraction of sp³-hybridized carbons (Fsp3) is 0.667. The molecule has 3 nitrogen and oxygen atoms in total. The van der Waals surface area contributed by atoms with E-state index in [1.807, 2.05) is 0 Å². The Hall–Kier alpha value is -0.220. The maximum atomic E-state index is 8.66. The van der Waals surface area contributed by atoms with Gasteiger partial charge in [0.15, 0.2) is 0 Å². The molecule has 0 bridgehead atoms. The van der Waals surface area contributed by atoms with Crippen molar-refractivity contribution >= 4 is 17.3 Å². The number of hydrazone groups is 1. The fourth-order valence-corrected chi connectivity index (χ4v) is 0.803. The van der Waals surface area contributed by atoms with Crippen molar-refractivity contribution in [1.82, 2.24) is 5.43 Å². The van der Waals surface area contributed by atoms with Gasteiger partial charge >= 0.3 is 0 Å². The summed E-state index contributed by atoms with van der Waals surface area (Å²) in [6, 6.07) is 0. The van der Waals surface area contributed by atoms with Gasteiger partial charge in [0.05, 0.1) is 5.55 Å². The number of thioether (sulfide) groups is 1. The monoisotopic (exact) mass is 118 g/mol. The summed E-state index contributed by atoms with van der Waals surface area (Å²) >= 11 is 1.50. The lowest BCUT2D eigenvalue weighted by molar-refractivity contribution is 0.163. The van der Waals surface area contributed by atoms with Gasteiger partial charge in [-0.25, -0.2) is 0 Å². The summed E-state index contributed by atoms with van der Waals surface area (Å²) < 4.78 is 0. The van der Waals surface area contributed by atoms with E-state index in [0.717, 1.165) is 0 Å². The van der Waals surface area contributed by atoms with Gasteiger partial charge in [-0.1, -0.05) is 0 Å². The smallest absolute Gasteiger partial charge is 0.149 e. The molecule has 1 heterocycles. The van der Waals surface area contributed by atoms with Gasteiger partial charge in [0, 0.05) is 5.75 Å². The van der Waals surface area contributed by atoms with Gasteiger partial charge in [0.1, 0.15) is 6.23 Å². The zero-order chi connectivity index (χ0) is 5.11. The minimum atomic E-state index is -0.449. The van der Waals surface area contributed by atoms with Crippen molar-refractivity contribution in [3.05, 3.63) is 0 Å². The summed E-state index contributed by atoms with van der Waals surface area (Å²) in [5, 5.41) is 12.3. The molecule has 1 aliphatic heterocycles. The Balaban J connectivity index is 2.32. The molecule has 0 amide bonds. The molecule has 7 heavy (non-hydrogen) atoms. The third kappa shape index (κ3) is 1.36. The molecule has 40 valence electrons. The highest BCUT2D eigenvalue weighted by Crippen LogP contribution is 2.00. The average Bonchev–Trinajstić information content (AvgIpc) is 1.69. The molecule has 2 N–H and O–H groups in total. The van der Waals surface area contributed by atoms with Gasteiger partial charge in [0.2, 0.25) is 0 Å². The highest BCUT2D eigenvalue weighted by atomic mass is 32.2. The summed E-state index contributed by atoms with van der Waals surface area (Å²) in [5.74, 6) is 0.698. The molecule has 0 aromatic rings. The number of hydrogen-bond acceptors (Lipinski definition) is 4. The molecule has 0 fully saturated rings. The second-order valence-corrected chi connectivity index (χ2v) is 2.09. The van der Waals surface area contributed by atoms with Crippen molar-refractivity contribution in [3.8, 4) is 0 Å². The maximum absolute atomic E-state index is 8.66. The van der Waals surface area contributed by atoms with Crippen molar-refractivity contribution in [1.29, 1.82) is 0 Å². The summed E-state index contributed by atoms with van der Waals surface area (Å²) in [6.07, 6.45) is -0.449. The van der Waals surface area contributed by atoms with Crippen LogP contribution in [0.25, 0.3) is 0 Å². The quantitative estimate of drug-likeness (QED) is 0.454. The van der Waals surface area contributed by atoms with E-state index in [1.54, 1.807) is 5.55 Å². The van der Waals surface area contributed by atoms with Crippen molar-refractivity contribution in [2.45, 2.75) is 6.23 Å². The summed E-state index contributed by atoms with van der Waals surface area (Å²) in [5.41, 5.74) is 4.16. The van der Waals surface area contributed by atoms with Crippen LogP contribution in [0.2, 0.25) is 0 Å². The molecule has 0 saturated carbocycles. The third-order valence-corrected chi connectivity index (χ3v) is 1.37. The Morgan fingerprint density at radius 3 is 3.14 bits per heavy atom. The van der Waals surface area contributed by atoms with Crippen LogP contribution < -0.4 is 5.43 Å². The first kappa shape index (κ1) is 4.93. The molecule has 1 rings (SSSR count). The Bertz CT molecular complexity index is 85.0. The lowest BCUT2D eigenvalue weighted by atomic mass is 10.7. The van der Waals surface area contributed by atoms with E-state index < -0.39 is 6.23 Å². The second kappa shape index (κ2) is 2.18. The van der Waals surface area contributed by atoms with Gasteiger partial charge < -0.3 is 5.11 Å². The molecule has 0 aromatic heterocycles. The molecule has 1 atom stereocenters. The minimum Gasteiger partial charge on any atom is -0.371 e. The minimum absolute atomic E-state index is 0.449. The van der Waals surface area contributed by atoms with Crippen LogP contribution in [0.3, 0.4) is 0 Å². The highest BCUT2D eigenvalue weighted by molar-refractivity contribution is 8.12. The van der Waals surface area contributed by atoms with Crippen LogP contribution in [0.4, 0.5) is 0 Å². The Morgan fingerprint density at radius 2 is 2.86 bits per heavy atom. The van der Waals surface area contributed by atoms with Crippen molar-refractivity contribution in [3.63, 3.8) is 0 Å². The topological polar surface area (TPSA) is 44.6 Å². The van der Waals surface area contributed by atoms with Crippen LogP contribution in [0.5, 0.6) is 0 Å². The lowest BCUT2D eigenvalue weighted by Crippen LogP contribution is -2.28. The van der Waals surface area contributed by atoms with Crippen LogP contribution in [-0.4, -0.2) is 22.6 Å². The summed E-state index contributed by atoms with van der Waals surface area (Å²) in [4.78, 5) is 0. The molecule has 0 radical (unpaired) electrons. The first-order valence-electron chi connectivity index (χ1n) is 1.96. The number of hydrogen-bond donors (Lipinski definition) is 2. The summed E-state index contributed by atoms with van der Waals surface area (Å²) in [7, 11) is 0. The van der Waals surface area contributed by atoms with Gasteiger partial charge in [-0.15, -0.1) is 11.8 Å². The van der Waals surface area contributed by atoms with E-state index >= 15 is 0 Å². The maximum Gasteiger partial charge on any atom is 0.149 e. The Labute approximate surface area is 45.8 Å². The van der Waals surface area contributed by atoms with Crippen LogP contribution in [-0.2, 0) is 0 Å². The molecule has 4 heteroatoms. The fourth-order valence-electron chi connectivity index (χ4n) is 0.325. The molecular formula is C3H6N2OS. The van der Waals surface area contributed by atoms with E-state index in [9.17, 15) is 0 Å². The number of nitrogens with one attached hydrogen (secondary N) is 1. The van der Waals surface area contributed by atoms with Crippen molar-refractivity contribution in [2.75, 3.05) is 5.75 Å². The third-order valence-electron chi connectivity index (χ3n) is 0.605. The predicted octanol–water partition coefficient (Wildman–Crippen LogP) is -0.415. The van der Waals surface area contributed by atoms with E-state index in [-0.39, 0.29) is 0 Å². The highest BCUT2D eigenvalue weighted by Gasteiger charge is 2.02. The first-order valence-corrected chi connectivity index (χ1v) is 3.01. The zero-order valence-corrected chi connectivity index (χ0v) is 4.48. The van der Waals surface area contributed by atoms with Gasteiger partial charge in [-0.05, 0) is 0 Å². The lowest BCUT2D eigenvalue weighted by Gasteiger charge is -2.10. The Morgan fingerprint density at radius 1 is 2.00 bits per heavy atom. The van der Waals surface area contributed by atoms with Crippen molar-refractivity contribution in [2.24, 2.45) is 5.10 Å². The van der Waals surface area contributed by atoms with Crippen LogP contribution in [0.15, 0.2) is 5.10 Å². The first-order chi connectivity index (χ1) is 3.39. The van der Waals surface area contributed by atoms with E-state index in [4.69, 9.17) is 5.11 Å². The Kier molecular flexibility index (Phi) is 1.54. The molecule has 0 aromatic carbocycles. The van der Waals surface area contributed by atoms with Gasteiger partial charge in [-0.2, -0.15) is 5.10 Å². The van der Waals surface area contributed by atoms with Crippen LogP contribution >= 0.6 is 11.8 Å². The summed E-state index contributed by atoms with van der Waals surface area (Å²) in [6.45, 7) is 0. The second-order valence-electron chi connectivity index (χ2n) is 1.21. The molecule has 0 aliphatic carbocycles. The number of aliphatic hydroxyl groups excluding tert-OH is 1. The zero-order valence-electron chi connectivity index (χ0n) is 3.66. The average molecular weight is 118 g/mol. The molecule has 1 unspecified atom stereocenters. The normalized spacial score (nSPS) is 29.6. The van der Waals surface area contributed by atoms with Crippen LogP contribution in [0, 0.1) is 0 Å². The number of nitrogens with zero attached hydrogens (tertiary/aromatic N) is 1.